The molecule has 1 heterocycles. The van der Waals surface area contributed by atoms with Gasteiger partial charge in [0.1, 0.15) is 0 Å². The summed E-state index contributed by atoms with van der Waals surface area (Å²) in [4.78, 5) is 2.78. The molecule has 134 valence electrons. The molecule has 0 bridgehead atoms. The maximum atomic E-state index is 6.34. The van der Waals surface area contributed by atoms with Crippen molar-refractivity contribution in [3.05, 3.63) is 33.8 Å². The molecule has 2 nitrogen and oxygen atoms in total. The lowest BCUT2D eigenvalue weighted by molar-refractivity contribution is 0.0180. The van der Waals surface area contributed by atoms with Gasteiger partial charge in [0.05, 0.1) is 10.0 Å². The average molecular weight is 369 g/mol. The van der Waals surface area contributed by atoms with Gasteiger partial charge in [-0.1, -0.05) is 56.0 Å². The number of likely N-dealkylation sites (tertiary alicyclic amines) is 1. The van der Waals surface area contributed by atoms with Crippen LogP contribution in [0.4, 0.5) is 0 Å². The van der Waals surface area contributed by atoms with Gasteiger partial charge in [-0.25, -0.2) is 0 Å². The number of rotatable bonds is 5. The van der Waals surface area contributed by atoms with E-state index in [0.29, 0.717) is 22.0 Å². The molecule has 4 heteroatoms. The largest absolute Gasteiger partial charge is 0.312 e. The minimum absolute atomic E-state index is 0.196. The van der Waals surface area contributed by atoms with Crippen molar-refractivity contribution in [1.29, 1.82) is 0 Å². The summed E-state index contributed by atoms with van der Waals surface area (Å²) < 4.78 is 0. The van der Waals surface area contributed by atoms with E-state index in [4.69, 9.17) is 23.2 Å². The molecule has 1 aromatic rings. The second-order valence-corrected chi connectivity index (χ2v) is 8.25. The molecule has 0 spiro atoms. The summed E-state index contributed by atoms with van der Waals surface area (Å²) >= 11 is 12.5. The van der Waals surface area contributed by atoms with E-state index in [-0.39, 0.29) is 5.54 Å². The first-order chi connectivity index (χ1) is 11.6. The molecular formula is C20H30Cl2N2. The van der Waals surface area contributed by atoms with Crippen LogP contribution in [0.5, 0.6) is 0 Å². The standard InChI is InChI=1S/C20H30Cl2N2/c1-3-23-19-8-4-5-11-20(19,24-12-6-7-13-24)15(2)16-9-10-17(21)18(22)14-16/h9-10,14-15,19,23H,3-8,11-13H2,1-2H3. The fourth-order valence-corrected chi connectivity index (χ4v) is 5.39. The highest BCUT2D eigenvalue weighted by Crippen LogP contribution is 2.46. The normalized spacial score (nSPS) is 29.8. The number of benzene rings is 1. The van der Waals surface area contributed by atoms with Gasteiger partial charge in [-0.2, -0.15) is 0 Å². The molecule has 1 aliphatic carbocycles. The zero-order chi connectivity index (χ0) is 17.2. The Kier molecular flexibility index (Phi) is 6.13. The first kappa shape index (κ1) is 18.5. The van der Waals surface area contributed by atoms with Crippen LogP contribution in [0.2, 0.25) is 10.0 Å². The molecule has 3 unspecified atom stereocenters. The van der Waals surface area contributed by atoms with Crippen LogP contribution in [0.1, 0.15) is 63.9 Å². The van der Waals surface area contributed by atoms with Gasteiger partial charge in [0.2, 0.25) is 0 Å². The highest BCUT2D eigenvalue weighted by atomic mass is 35.5. The van der Waals surface area contributed by atoms with Gasteiger partial charge in [0.25, 0.3) is 0 Å². The van der Waals surface area contributed by atoms with Crippen molar-refractivity contribution >= 4 is 23.2 Å². The lowest BCUT2D eigenvalue weighted by Crippen LogP contribution is -2.64. The van der Waals surface area contributed by atoms with Crippen molar-refractivity contribution in [1.82, 2.24) is 10.2 Å². The van der Waals surface area contributed by atoms with Crippen LogP contribution < -0.4 is 5.32 Å². The Morgan fingerprint density at radius 1 is 1.17 bits per heavy atom. The summed E-state index contributed by atoms with van der Waals surface area (Å²) in [5.41, 5.74) is 1.52. The quantitative estimate of drug-likeness (QED) is 0.739. The van der Waals surface area contributed by atoms with E-state index in [1.807, 2.05) is 6.07 Å². The van der Waals surface area contributed by atoms with Crippen molar-refractivity contribution in [2.75, 3.05) is 19.6 Å². The maximum Gasteiger partial charge on any atom is 0.0595 e. The molecule has 1 N–H and O–H groups in total. The zero-order valence-corrected chi connectivity index (χ0v) is 16.5. The third-order valence-corrected chi connectivity index (χ3v) is 7.00. The Hall–Kier alpha value is -0.280. The van der Waals surface area contributed by atoms with Gasteiger partial charge >= 0.3 is 0 Å². The Morgan fingerprint density at radius 3 is 2.58 bits per heavy atom. The SMILES string of the molecule is CCNC1CCCCC1(C(C)c1ccc(Cl)c(Cl)c1)N1CCCC1. The fraction of sp³-hybridized carbons (Fsp3) is 0.700. The average Bonchev–Trinajstić information content (AvgIpc) is 3.12. The van der Waals surface area contributed by atoms with E-state index in [1.165, 1.54) is 57.2 Å². The van der Waals surface area contributed by atoms with Gasteiger partial charge in [0, 0.05) is 17.5 Å². The predicted molar refractivity (Wildman–Crippen MR) is 104 cm³/mol. The summed E-state index contributed by atoms with van der Waals surface area (Å²) in [6, 6.07) is 6.77. The molecule has 2 fully saturated rings. The second kappa shape index (κ2) is 7.95. The van der Waals surface area contributed by atoms with Crippen LogP contribution in [0, 0.1) is 0 Å². The van der Waals surface area contributed by atoms with Crippen molar-refractivity contribution in [3.8, 4) is 0 Å². The molecule has 0 amide bonds. The van der Waals surface area contributed by atoms with E-state index >= 15 is 0 Å². The second-order valence-electron chi connectivity index (χ2n) is 7.44. The van der Waals surface area contributed by atoms with E-state index in [2.05, 4.69) is 36.2 Å². The molecule has 1 aliphatic heterocycles. The summed E-state index contributed by atoms with van der Waals surface area (Å²) in [5, 5.41) is 5.15. The van der Waals surface area contributed by atoms with Gasteiger partial charge in [-0.05, 0) is 63.0 Å². The van der Waals surface area contributed by atoms with Crippen molar-refractivity contribution in [2.45, 2.75) is 69.9 Å². The predicted octanol–water partition coefficient (Wildman–Crippen LogP) is 5.48. The third-order valence-electron chi connectivity index (χ3n) is 6.26. The number of nitrogens with one attached hydrogen (secondary N) is 1. The molecule has 3 atom stereocenters. The number of hydrogen-bond acceptors (Lipinski definition) is 2. The van der Waals surface area contributed by atoms with E-state index in [1.54, 1.807) is 0 Å². The minimum Gasteiger partial charge on any atom is -0.312 e. The van der Waals surface area contributed by atoms with Crippen molar-refractivity contribution < 1.29 is 0 Å². The molecule has 0 aromatic heterocycles. The number of halogens is 2. The summed E-state index contributed by atoms with van der Waals surface area (Å²) in [6.45, 7) is 8.12. The molecule has 0 radical (unpaired) electrons. The smallest absolute Gasteiger partial charge is 0.0595 e. The van der Waals surface area contributed by atoms with Crippen LogP contribution in [0.3, 0.4) is 0 Å². The Balaban J connectivity index is 2.00. The molecule has 3 rings (SSSR count). The van der Waals surface area contributed by atoms with Gasteiger partial charge in [0.15, 0.2) is 0 Å². The summed E-state index contributed by atoms with van der Waals surface area (Å²) in [7, 11) is 0. The van der Waals surface area contributed by atoms with Gasteiger partial charge < -0.3 is 5.32 Å². The first-order valence-corrected chi connectivity index (χ1v) is 10.3. The Morgan fingerprint density at radius 2 is 1.92 bits per heavy atom. The number of likely N-dealkylation sites (N-methyl/N-ethyl adjacent to an activating group) is 1. The monoisotopic (exact) mass is 368 g/mol. The van der Waals surface area contributed by atoms with Gasteiger partial charge in [-0.3, -0.25) is 4.90 Å². The lowest BCUT2D eigenvalue weighted by atomic mass is 9.66. The highest BCUT2D eigenvalue weighted by molar-refractivity contribution is 6.42. The molecular weight excluding hydrogens is 339 g/mol. The number of nitrogens with zero attached hydrogens (tertiary/aromatic N) is 1. The third kappa shape index (κ3) is 3.35. The van der Waals surface area contributed by atoms with Crippen molar-refractivity contribution in [3.63, 3.8) is 0 Å². The minimum atomic E-state index is 0.196. The van der Waals surface area contributed by atoms with Crippen LogP contribution in [0.25, 0.3) is 0 Å². The van der Waals surface area contributed by atoms with Crippen LogP contribution in [-0.4, -0.2) is 36.1 Å². The zero-order valence-electron chi connectivity index (χ0n) is 15.0. The number of hydrogen-bond donors (Lipinski definition) is 1. The van der Waals surface area contributed by atoms with Crippen LogP contribution in [-0.2, 0) is 0 Å². The topological polar surface area (TPSA) is 15.3 Å². The Labute approximate surface area is 156 Å². The Bertz CT molecular complexity index is 555. The van der Waals surface area contributed by atoms with Crippen LogP contribution in [0.15, 0.2) is 18.2 Å². The fourth-order valence-electron chi connectivity index (χ4n) is 5.08. The summed E-state index contributed by atoms with van der Waals surface area (Å²) in [5.74, 6) is 0.440. The van der Waals surface area contributed by atoms with E-state index in [0.717, 1.165) is 6.54 Å². The summed E-state index contributed by atoms with van der Waals surface area (Å²) in [6.07, 6.45) is 7.86. The first-order valence-electron chi connectivity index (χ1n) is 9.53. The van der Waals surface area contributed by atoms with E-state index in [9.17, 15) is 0 Å². The maximum absolute atomic E-state index is 6.34. The molecule has 1 aromatic carbocycles. The molecule has 1 saturated carbocycles. The van der Waals surface area contributed by atoms with Gasteiger partial charge in [-0.15, -0.1) is 0 Å². The lowest BCUT2D eigenvalue weighted by Gasteiger charge is -2.54. The molecule has 1 saturated heterocycles. The van der Waals surface area contributed by atoms with Crippen LogP contribution >= 0.6 is 23.2 Å². The van der Waals surface area contributed by atoms with Crippen molar-refractivity contribution in [2.24, 2.45) is 0 Å². The van der Waals surface area contributed by atoms with E-state index < -0.39 is 0 Å². The molecule has 24 heavy (non-hydrogen) atoms. The highest BCUT2D eigenvalue weighted by Gasteiger charge is 2.49. The molecule has 2 aliphatic rings.